The first-order valence-electron chi connectivity index (χ1n) is 7.73. The highest BCUT2D eigenvalue weighted by molar-refractivity contribution is 7.15. The first-order chi connectivity index (χ1) is 12.4. The topological polar surface area (TPSA) is 49.4 Å². The summed E-state index contributed by atoms with van der Waals surface area (Å²) in [5.41, 5.74) is 2.05. The Labute approximate surface area is 150 Å². The second-order valence-electron chi connectivity index (χ2n) is 5.04. The first kappa shape index (κ1) is 16.7. The third-order valence-electron chi connectivity index (χ3n) is 3.16. The molecular weight excluding hydrogens is 328 g/mol. The smallest absolute Gasteiger partial charge is 0.0668 e. The molecule has 3 aromatic rings. The lowest BCUT2D eigenvalue weighted by Crippen LogP contribution is -1.78. The molecule has 0 atom stereocenters. The van der Waals surface area contributed by atoms with E-state index in [-0.39, 0.29) is 0 Å². The molecule has 0 radical (unpaired) electrons. The van der Waals surface area contributed by atoms with E-state index in [1.165, 1.54) is 0 Å². The lowest BCUT2D eigenvalue weighted by Gasteiger charge is -1.87. The van der Waals surface area contributed by atoms with Gasteiger partial charge in [0.2, 0.25) is 0 Å². The number of hydrogen-bond acceptors (Lipinski definition) is 5. The number of benzene rings is 2. The molecule has 0 saturated heterocycles. The molecule has 0 aliphatic rings. The molecule has 3 rings (SSSR count). The summed E-state index contributed by atoms with van der Waals surface area (Å²) in [6.45, 7) is 0. The SMILES string of the molecule is C(=N/N=C\c1ccc(/C=N\N=C/c2ccccc2)s1)/c1ccccc1. The van der Waals surface area contributed by atoms with Gasteiger partial charge in [-0.15, -0.1) is 11.3 Å². The maximum Gasteiger partial charge on any atom is 0.0668 e. The van der Waals surface area contributed by atoms with Crippen molar-refractivity contribution in [3.63, 3.8) is 0 Å². The lowest BCUT2D eigenvalue weighted by atomic mass is 10.2. The van der Waals surface area contributed by atoms with E-state index >= 15 is 0 Å². The highest BCUT2D eigenvalue weighted by atomic mass is 32.1. The van der Waals surface area contributed by atoms with Crippen LogP contribution < -0.4 is 0 Å². The van der Waals surface area contributed by atoms with E-state index in [1.807, 2.05) is 72.8 Å². The fourth-order valence-electron chi connectivity index (χ4n) is 1.97. The van der Waals surface area contributed by atoms with E-state index in [4.69, 9.17) is 0 Å². The minimum absolute atomic E-state index is 1.01. The van der Waals surface area contributed by atoms with Crippen LogP contribution in [0.2, 0.25) is 0 Å². The zero-order valence-corrected chi connectivity index (χ0v) is 14.3. The summed E-state index contributed by atoms with van der Waals surface area (Å²) in [7, 11) is 0. The van der Waals surface area contributed by atoms with Crippen molar-refractivity contribution in [3.8, 4) is 0 Å². The zero-order chi connectivity index (χ0) is 17.2. The Bertz CT molecular complexity index is 820. The minimum atomic E-state index is 1.01. The average molecular weight is 344 g/mol. The summed E-state index contributed by atoms with van der Waals surface area (Å²) >= 11 is 1.58. The fraction of sp³-hybridized carbons (Fsp3) is 0. The Hall–Kier alpha value is -3.18. The predicted octanol–water partition coefficient (Wildman–Crippen LogP) is 4.65. The van der Waals surface area contributed by atoms with Crippen LogP contribution in [-0.2, 0) is 0 Å². The van der Waals surface area contributed by atoms with Crippen molar-refractivity contribution in [1.29, 1.82) is 0 Å². The first-order valence-corrected chi connectivity index (χ1v) is 8.54. The maximum atomic E-state index is 4.07. The molecule has 1 aromatic heterocycles. The second-order valence-corrected chi connectivity index (χ2v) is 6.19. The highest BCUT2D eigenvalue weighted by Crippen LogP contribution is 2.12. The molecular formula is C20H16N4S. The summed E-state index contributed by atoms with van der Waals surface area (Å²) in [6.07, 6.45) is 6.92. The normalized spacial score (nSPS) is 12.2. The van der Waals surface area contributed by atoms with Crippen LogP contribution in [0.25, 0.3) is 0 Å². The van der Waals surface area contributed by atoms with E-state index in [0.29, 0.717) is 0 Å². The monoisotopic (exact) mass is 344 g/mol. The van der Waals surface area contributed by atoms with Crippen LogP contribution >= 0.6 is 11.3 Å². The number of rotatable bonds is 6. The van der Waals surface area contributed by atoms with Gasteiger partial charge in [0.15, 0.2) is 0 Å². The summed E-state index contributed by atoms with van der Waals surface area (Å²) in [6, 6.07) is 23.7. The van der Waals surface area contributed by atoms with Crippen LogP contribution in [0.3, 0.4) is 0 Å². The fourth-order valence-corrected chi connectivity index (χ4v) is 2.71. The lowest BCUT2D eigenvalue weighted by molar-refractivity contribution is 1.27. The Morgan fingerprint density at radius 2 is 0.880 bits per heavy atom. The summed E-state index contributed by atoms with van der Waals surface area (Å²) in [5, 5.41) is 16.2. The van der Waals surface area contributed by atoms with E-state index < -0.39 is 0 Å². The third kappa shape index (κ3) is 5.75. The van der Waals surface area contributed by atoms with Crippen LogP contribution in [0.4, 0.5) is 0 Å². The summed E-state index contributed by atoms with van der Waals surface area (Å²) in [5.74, 6) is 0. The molecule has 0 saturated carbocycles. The summed E-state index contributed by atoms with van der Waals surface area (Å²) < 4.78 is 0. The molecule has 0 bridgehead atoms. The van der Waals surface area contributed by atoms with Crippen LogP contribution in [0.1, 0.15) is 20.9 Å². The van der Waals surface area contributed by atoms with Gasteiger partial charge in [0.25, 0.3) is 0 Å². The Balaban J connectivity index is 1.53. The van der Waals surface area contributed by atoms with Crippen LogP contribution in [0.15, 0.2) is 93.2 Å². The van der Waals surface area contributed by atoms with E-state index in [9.17, 15) is 0 Å². The van der Waals surface area contributed by atoms with E-state index in [1.54, 1.807) is 36.2 Å². The van der Waals surface area contributed by atoms with Gasteiger partial charge in [0, 0.05) is 9.75 Å². The van der Waals surface area contributed by atoms with Gasteiger partial charge in [0.05, 0.1) is 24.9 Å². The van der Waals surface area contributed by atoms with Crippen molar-refractivity contribution in [2.45, 2.75) is 0 Å². The molecule has 0 aliphatic heterocycles. The summed E-state index contributed by atoms with van der Waals surface area (Å²) in [4.78, 5) is 2.03. The number of thiophene rings is 1. The van der Waals surface area contributed by atoms with Gasteiger partial charge < -0.3 is 0 Å². The second kappa shape index (κ2) is 9.20. The van der Waals surface area contributed by atoms with Crippen LogP contribution in [0, 0.1) is 0 Å². The molecule has 2 aromatic carbocycles. The molecule has 4 nitrogen and oxygen atoms in total. The molecule has 1 heterocycles. The van der Waals surface area contributed by atoms with Gasteiger partial charge in [-0.3, -0.25) is 0 Å². The van der Waals surface area contributed by atoms with Crippen LogP contribution in [0.5, 0.6) is 0 Å². The highest BCUT2D eigenvalue weighted by Gasteiger charge is 1.94. The van der Waals surface area contributed by atoms with Gasteiger partial charge in [-0.2, -0.15) is 20.4 Å². The molecule has 0 fully saturated rings. The van der Waals surface area contributed by atoms with Crippen molar-refractivity contribution < 1.29 is 0 Å². The molecule has 0 unspecified atom stereocenters. The van der Waals surface area contributed by atoms with Crippen molar-refractivity contribution in [2.75, 3.05) is 0 Å². The van der Waals surface area contributed by atoms with Crippen molar-refractivity contribution >= 4 is 36.2 Å². The molecule has 0 N–H and O–H groups in total. The zero-order valence-electron chi connectivity index (χ0n) is 13.4. The van der Waals surface area contributed by atoms with Gasteiger partial charge in [-0.1, -0.05) is 60.7 Å². The molecule has 0 aliphatic carbocycles. The molecule has 0 amide bonds. The quantitative estimate of drug-likeness (QED) is 0.461. The number of hydrogen-bond donors (Lipinski definition) is 0. The van der Waals surface area contributed by atoms with Crippen molar-refractivity contribution in [1.82, 2.24) is 0 Å². The van der Waals surface area contributed by atoms with Crippen molar-refractivity contribution in [3.05, 3.63) is 93.7 Å². The maximum absolute atomic E-state index is 4.07. The number of nitrogens with zero attached hydrogens (tertiary/aromatic N) is 4. The molecule has 0 spiro atoms. The minimum Gasteiger partial charge on any atom is -0.158 e. The van der Waals surface area contributed by atoms with Gasteiger partial charge >= 0.3 is 0 Å². The largest absolute Gasteiger partial charge is 0.158 e. The van der Waals surface area contributed by atoms with E-state index in [2.05, 4.69) is 20.4 Å². The molecule has 25 heavy (non-hydrogen) atoms. The van der Waals surface area contributed by atoms with Crippen LogP contribution in [-0.4, -0.2) is 24.9 Å². The average Bonchev–Trinajstić information content (AvgIpc) is 3.12. The third-order valence-corrected chi connectivity index (χ3v) is 4.12. The Kier molecular flexibility index (Phi) is 6.13. The van der Waals surface area contributed by atoms with Gasteiger partial charge in [-0.25, -0.2) is 0 Å². The standard InChI is InChI=1S/C20H16N4S/c1-3-7-17(8-4-1)13-21-23-15-19-11-12-20(25-19)16-24-22-14-18-9-5-2-6-10-18/h1-16H/b21-13-,22-14-,23-15-,24-16-. The molecule has 5 heteroatoms. The van der Waals surface area contributed by atoms with E-state index in [0.717, 1.165) is 20.9 Å². The Morgan fingerprint density at radius 3 is 1.32 bits per heavy atom. The van der Waals surface area contributed by atoms with Crippen molar-refractivity contribution in [2.24, 2.45) is 20.4 Å². The molecule has 122 valence electrons. The van der Waals surface area contributed by atoms with Gasteiger partial charge in [-0.05, 0) is 23.3 Å². The predicted molar refractivity (Wildman–Crippen MR) is 108 cm³/mol. The van der Waals surface area contributed by atoms with Gasteiger partial charge in [0.1, 0.15) is 0 Å². The Morgan fingerprint density at radius 1 is 0.480 bits per heavy atom.